The van der Waals surface area contributed by atoms with Gasteiger partial charge < -0.3 is 5.11 Å². The largest absolute Gasteiger partial charge is 0.391 e. The Morgan fingerprint density at radius 2 is 1.65 bits per heavy atom. The van der Waals surface area contributed by atoms with Crippen molar-refractivity contribution < 1.29 is 5.11 Å². The van der Waals surface area contributed by atoms with Crippen LogP contribution in [0.5, 0.6) is 0 Å². The second-order valence-electron chi connectivity index (χ2n) is 6.27. The summed E-state index contributed by atoms with van der Waals surface area (Å²) in [6.45, 7) is 11.1. The predicted octanol–water partition coefficient (Wildman–Crippen LogP) is 3.44. The molecule has 0 amide bonds. The summed E-state index contributed by atoms with van der Waals surface area (Å²) in [7, 11) is 0. The first kappa shape index (κ1) is 15.0. The van der Waals surface area contributed by atoms with Crippen LogP contribution in [0.3, 0.4) is 0 Å². The maximum atomic E-state index is 10.6. The minimum absolute atomic E-state index is 0.0705. The Bertz CT molecular complexity index is 207. The Morgan fingerprint density at radius 3 is 2.12 bits per heavy atom. The third-order valence-corrected chi connectivity index (χ3v) is 4.43. The molecule has 1 fully saturated rings. The van der Waals surface area contributed by atoms with E-state index in [0.717, 1.165) is 25.9 Å². The smallest absolute Gasteiger partial charge is 0.0743 e. The number of aliphatic hydroxyl groups excluding tert-OH is 1. The van der Waals surface area contributed by atoms with E-state index >= 15 is 0 Å². The molecule has 0 aromatic rings. The van der Waals surface area contributed by atoms with E-state index in [2.05, 4.69) is 32.6 Å². The first-order valence-electron chi connectivity index (χ1n) is 7.43. The molecule has 1 aliphatic rings. The maximum Gasteiger partial charge on any atom is 0.0743 e. The average Bonchev–Trinajstić information content (AvgIpc) is 2.57. The highest BCUT2D eigenvalue weighted by Crippen LogP contribution is 2.28. The zero-order valence-corrected chi connectivity index (χ0v) is 12.2. The van der Waals surface area contributed by atoms with Gasteiger partial charge in [-0.3, -0.25) is 4.90 Å². The molecule has 1 heterocycles. The van der Waals surface area contributed by atoms with Crippen molar-refractivity contribution in [2.45, 2.75) is 77.9 Å². The van der Waals surface area contributed by atoms with E-state index in [0.29, 0.717) is 5.92 Å². The zero-order chi connectivity index (χ0) is 12.9. The van der Waals surface area contributed by atoms with Crippen molar-refractivity contribution in [1.29, 1.82) is 0 Å². The summed E-state index contributed by atoms with van der Waals surface area (Å²) in [5.41, 5.74) is -0.0705. The Hall–Kier alpha value is -0.0800. The van der Waals surface area contributed by atoms with E-state index < -0.39 is 0 Å². The summed E-state index contributed by atoms with van der Waals surface area (Å²) < 4.78 is 0. The topological polar surface area (TPSA) is 23.5 Å². The fourth-order valence-electron chi connectivity index (χ4n) is 3.14. The lowest BCUT2D eigenvalue weighted by Crippen LogP contribution is -2.54. The van der Waals surface area contributed by atoms with Crippen molar-refractivity contribution in [3.05, 3.63) is 0 Å². The van der Waals surface area contributed by atoms with Crippen molar-refractivity contribution in [2.24, 2.45) is 5.92 Å². The van der Waals surface area contributed by atoms with Gasteiger partial charge in [-0.1, -0.05) is 33.1 Å². The molecule has 0 radical (unpaired) electrons. The van der Waals surface area contributed by atoms with Crippen molar-refractivity contribution in [3.63, 3.8) is 0 Å². The molecule has 2 heteroatoms. The lowest BCUT2D eigenvalue weighted by atomic mass is 9.84. The van der Waals surface area contributed by atoms with Gasteiger partial charge in [0.25, 0.3) is 0 Å². The molecule has 2 unspecified atom stereocenters. The Balaban J connectivity index is 2.63. The lowest BCUT2D eigenvalue weighted by molar-refractivity contribution is -0.0390. The minimum atomic E-state index is -0.208. The quantitative estimate of drug-likeness (QED) is 0.797. The Labute approximate surface area is 107 Å². The van der Waals surface area contributed by atoms with Gasteiger partial charge in [-0.05, 0) is 52.1 Å². The van der Waals surface area contributed by atoms with Crippen LogP contribution in [0, 0.1) is 5.92 Å². The van der Waals surface area contributed by atoms with E-state index in [4.69, 9.17) is 0 Å². The van der Waals surface area contributed by atoms with Crippen LogP contribution >= 0.6 is 0 Å². The molecule has 0 aromatic heterocycles. The van der Waals surface area contributed by atoms with Crippen LogP contribution in [0.25, 0.3) is 0 Å². The molecule has 2 atom stereocenters. The number of hydrogen-bond acceptors (Lipinski definition) is 2. The zero-order valence-electron chi connectivity index (χ0n) is 12.2. The van der Waals surface area contributed by atoms with Gasteiger partial charge >= 0.3 is 0 Å². The molecule has 17 heavy (non-hydrogen) atoms. The highest BCUT2D eigenvalue weighted by atomic mass is 16.3. The van der Waals surface area contributed by atoms with E-state index in [9.17, 15) is 5.11 Å². The lowest BCUT2D eigenvalue weighted by Gasteiger charge is -2.43. The van der Waals surface area contributed by atoms with Crippen LogP contribution in [-0.2, 0) is 0 Å². The summed E-state index contributed by atoms with van der Waals surface area (Å²) >= 11 is 0. The van der Waals surface area contributed by atoms with Gasteiger partial charge in [0, 0.05) is 5.54 Å². The van der Waals surface area contributed by atoms with Gasteiger partial charge in [-0.25, -0.2) is 0 Å². The highest BCUT2D eigenvalue weighted by molar-refractivity contribution is 4.91. The molecule has 102 valence electrons. The Kier molecular flexibility index (Phi) is 5.94. The fourth-order valence-corrected chi connectivity index (χ4v) is 3.14. The van der Waals surface area contributed by atoms with Crippen LogP contribution < -0.4 is 0 Å². The number of nitrogens with zero attached hydrogens (tertiary/aromatic N) is 1. The molecule has 1 N–H and O–H groups in total. The monoisotopic (exact) mass is 241 g/mol. The standard InChI is InChI=1S/C15H31NO/c1-5-10-13(2)14(17)15(3,4)16-11-8-6-7-9-12-16/h13-14,17H,5-12H2,1-4H3. The molecule has 0 aromatic carbocycles. The molecule has 0 saturated carbocycles. The molecule has 0 bridgehead atoms. The van der Waals surface area contributed by atoms with Gasteiger partial charge in [0.15, 0.2) is 0 Å². The van der Waals surface area contributed by atoms with Crippen molar-refractivity contribution in [1.82, 2.24) is 4.90 Å². The number of aliphatic hydroxyl groups is 1. The second-order valence-corrected chi connectivity index (χ2v) is 6.27. The third-order valence-electron chi connectivity index (χ3n) is 4.43. The highest BCUT2D eigenvalue weighted by Gasteiger charge is 2.36. The van der Waals surface area contributed by atoms with E-state index in [-0.39, 0.29) is 11.6 Å². The first-order valence-corrected chi connectivity index (χ1v) is 7.43. The molecular formula is C15H31NO. The van der Waals surface area contributed by atoms with Gasteiger partial charge in [-0.15, -0.1) is 0 Å². The van der Waals surface area contributed by atoms with Crippen molar-refractivity contribution >= 4 is 0 Å². The van der Waals surface area contributed by atoms with Gasteiger partial charge in [-0.2, -0.15) is 0 Å². The third kappa shape index (κ3) is 3.96. The van der Waals surface area contributed by atoms with E-state index in [1.165, 1.54) is 25.7 Å². The van der Waals surface area contributed by atoms with Crippen LogP contribution in [-0.4, -0.2) is 34.7 Å². The van der Waals surface area contributed by atoms with Gasteiger partial charge in [0.05, 0.1) is 6.10 Å². The minimum Gasteiger partial charge on any atom is -0.391 e. The normalized spacial score (nSPS) is 23.1. The van der Waals surface area contributed by atoms with Crippen molar-refractivity contribution in [2.75, 3.05) is 13.1 Å². The van der Waals surface area contributed by atoms with Crippen LogP contribution in [0.4, 0.5) is 0 Å². The summed E-state index contributed by atoms with van der Waals surface area (Å²) in [5.74, 6) is 0.401. The molecule has 2 nitrogen and oxygen atoms in total. The van der Waals surface area contributed by atoms with Crippen LogP contribution in [0.2, 0.25) is 0 Å². The molecule has 1 saturated heterocycles. The second kappa shape index (κ2) is 6.75. The number of rotatable bonds is 5. The summed E-state index contributed by atoms with van der Waals surface area (Å²) in [4.78, 5) is 2.51. The van der Waals surface area contributed by atoms with Crippen LogP contribution in [0.15, 0.2) is 0 Å². The van der Waals surface area contributed by atoms with E-state index in [1.54, 1.807) is 0 Å². The number of hydrogen-bond donors (Lipinski definition) is 1. The molecule has 0 spiro atoms. The van der Waals surface area contributed by atoms with Gasteiger partial charge in [0.1, 0.15) is 0 Å². The van der Waals surface area contributed by atoms with Crippen molar-refractivity contribution in [3.8, 4) is 0 Å². The molecular weight excluding hydrogens is 210 g/mol. The molecule has 1 rings (SSSR count). The Morgan fingerprint density at radius 1 is 1.12 bits per heavy atom. The van der Waals surface area contributed by atoms with E-state index in [1.807, 2.05) is 0 Å². The molecule has 1 aliphatic heterocycles. The summed E-state index contributed by atoms with van der Waals surface area (Å²) in [6.07, 6.45) is 7.37. The maximum absolute atomic E-state index is 10.6. The molecule has 0 aliphatic carbocycles. The number of likely N-dealkylation sites (tertiary alicyclic amines) is 1. The van der Waals surface area contributed by atoms with Gasteiger partial charge in [0.2, 0.25) is 0 Å². The van der Waals surface area contributed by atoms with Crippen LogP contribution in [0.1, 0.15) is 66.2 Å². The first-order chi connectivity index (χ1) is 8.00. The summed E-state index contributed by atoms with van der Waals surface area (Å²) in [6, 6.07) is 0. The fraction of sp³-hybridized carbons (Fsp3) is 1.00. The average molecular weight is 241 g/mol. The SMILES string of the molecule is CCCC(C)C(O)C(C)(C)N1CCCCCC1. The predicted molar refractivity (Wildman–Crippen MR) is 74.2 cm³/mol. The summed E-state index contributed by atoms with van der Waals surface area (Å²) in [5, 5.41) is 10.6.